The Hall–Kier alpha value is -6.45. The molecule has 1 unspecified atom stereocenters. The molecule has 0 radical (unpaired) electrons. The molecule has 6 aromatic carbocycles. The summed E-state index contributed by atoms with van der Waals surface area (Å²) in [6.45, 7) is 0. The fourth-order valence-electron chi connectivity index (χ4n) is 5.01. The average molecular weight is 694 g/mol. The Morgan fingerprint density at radius 1 is 0.627 bits per heavy atom. The molecule has 0 aliphatic rings. The number of anilines is 2. The van der Waals surface area contributed by atoms with Crippen LogP contribution in [0.25, 0.3) is 6.08 Å². The lowest BCUT2D eigenvalue weighted by Gasteiger charge is -2.18. The summed E-state index contributed by atoms with van der Waals surface area (Å²) in [5, 5.41) is 7.81. The number of hydrogen-bond acceptors (Lipinski definition) is 5. The van der Waals surface area contributed by atoms with E-state index < -0.39 is 22.9 Å². The van der Waals surface area contributed by atoms with Gasteiger partial charge < -0.3 is 20.7 Å². The van der Waals surface area contributed by atoms with Crippen LogP contribution in [0.3, 0.4) is 0 Å². The molecule has 0 heterocycles. The molecule has 0 aliphatic carbocycles. The van der Waals surface area contributed by atoms with Crippen LogP contribution < -0.4 is 20.7 Å². The third-order valence-corrected chi connectivity index (χ3v) is 8.77. The number of carbonyl (C=O) groups excluding carboxylic acids is 3. The fourth-order valence-corrected chi connectivity index (χ4v) is 6.09. The topological polar surface area (TPSA) is 96.5 Å². The van der Waals surface area contributed by atoms with Gasteiger partial charge in [0.1, 0.15) is 28.3 Å². The molecule has 6 rings (SSSR count). The van der Waals surface area contributed by atoms with E-state index in [0.29, 0.717) is 33.3 Å². The predicted molar refractivity (Wildman–Crippen MR) is 200 cm³/mol. The van der Waals surface area contributed by atoms with E-state index in [9.17, 15) is 18.8 Å². The van der Waals surface area contributed by atoms with Gasteiger partial charge in [-0.1, -0.05) is 91.0 Å². The minimum atomic E-state index is -0.651. The van der Waals surface area contributed by atoms with E-state index in [4.69, 9.17) is 4.74 Å². The van der Waals surface area contributed by atoms with Crippen molar-refractivity contribution in [3.8, 4) is 11.5 Å². The monoisotopic (exact) mass is 693 g/mol. The zero-order valence-corrected chi connectivity index (χ0v) is 28.0. The number of nitrogens with one attached hydrogen (secondary N) is 3. The lowest BCUT2D eigenvalue weighted by atomic mass is 10.1. The molecule has 6 aromatic rings. The van der Waals surface area contributed by atoms with Gasteiger partial charge >= 0.3 is 0 Å². The van der Waals surface area contributed by atoms with Crippen molar-refractivity contribution in [1.29, 1.82) is 0 Å². The van der Waals surface area contributed by atoms with Crippen LogP contribution in [0.1, 0.15) is 26.7 Å². The molecule has 0 aromatic heterocycles. The Balaban J connectivity index is 1.19. The van der Waals surface area contributed by atoms with E-state index in [1.807, 2.05) is 66.7 Å². The van der Waals surface area contributed by atoms with Crippen molar-refractivity contribution in [2.75, 3.05) is 10.6 Å². The average Bonchev–Trinajstić information content (AvgIpc) is 3.16. The summed E-state index contributed by atoms with van der Waals surface area (Å²) in [4.78, 5) is 41.1. The van der Waals surface area contributed by atoms with E-state index >= 15 is 0 Å². The van der Waals surface area contributed by atoms with E-state index in [1.54, 1.807) is 84.9 Å². The molecular formula is C42H32FN3O4S. The minimum Gasteiger partial charge on any atom is -0.457 e. The van der Waals surface area contributed by atoms with Crippen molar-refractivity contribution < 1.29 is 23.5 Å². The number of thioether (sulfide) groups is 1. The zero-order chi connectivity index (χ0) is 35.4. The summed E-state index contributed by atoms with van der Waals surface area (Å²) < 4.78 is 20.5. The third-order valence-electron chi connectivity index (χ3n) is 7.52. The highest BCUT2D eigenvalue weighted by atomic mass is 32.2. The van der Waals surface area contributed by atoms with Crippen molar-refractivity contribution in [3.63, 3.8) is 0 Å². The number of para-hydroxylation sites is 1. The highest BCUT2D eigenvalue weighted by Crippen LogP contribution is 2.37. The van der Waals surface area contributed by atoms with Crippen molar-refractivity contribution in [2.24, 2.45) is 0 Å². The summed E-state index contributed by atoms with van der Waals surface area (Å²) in [6.07, 6.45) is 1.29. The minimum absolute atomic E-state index is 0.135. The number of halogens is 1. The molecule has 3 N–H and O–H groups in total. The number of hydrogen-bond donors (Lipinski definition) is 3. The Morgan fingerprint density at radius 3 is 1.96 bits per heavy atom. The lowest BCUT2D eigenvalue weighted by molar-refractivity contribution is -0.116. The van der Waals surface area contributed by atoms with Gasteiger partial charge in [-0.25, -0.2) is 4.39 Å². The smallest absolute Gasteiger partial charge is 0.272 e. The van der Waals surface area contributed by atoms with E-state index in [0.717, 1.165) is 5.56 Å². The second-order valence-corrected chi connectivity index (χ2v) is 12.4. The molecule has 7 nitrogen and oxygen atoms in total. The van der Waals surface area contributed by atoms with Gasteiger partial charge in [-0.05, 0) is 84.4 Å². The maximum atomic E-state index is 14.6. The largest absolute Gasteiger partial charge is 0.457 e. The van der Waals surface area contributed by atoms with Gasteiger partial charge in [-0.3, -0.25) is 14.4 Å². The van der Waals surface area contributed by atoms with Gasteiger partial charge in [0.2, 0.25) is 5.91 Å². The number of rotatable bonds is 12. The van der Waals surface area contributed by atoms with Crippen LogP contribution >= 0.6 is 11.8 Å². The van der Waals surface area contributed by atoms with Crippen LogP contribution in [-0.2, 0) is 9.59 Å². The van der Waals surface area contributed by atoms with Crippen LogP contribution in [0, 0.1) is 5.82 Å². The molecule has 0 saturated carbocycles. The molecule has 252 valence electrons. The fraction of sp³-hybridized carbons (Fsp3) is 0.0238. The van der Waals surface area contributed by atoms with Crippen molar-refractivity contribution >= 4 is 46.9 Å². The summed E-state index contributed by atoms with van der Waals surface area (Å²) in [7, 11) is 0. The molecule has 3 amide bonds. The Kier molecular flexibility index (Phi) is 11.3. The molecule has 0 saturated heterocycles. The standard InChI is InChI=1S/C42H32FN3O4S/c43-37-22-11-10-17-31(37)27-38(46-40(47)30-15-6-2-7-16-30)41(48)45-33-18-12-21-36(28-33)51-39(29-13-4-1-5-14-29)42(49)44-32-23-25-35(26-24-32)50-34-19-8-3-9-20-34/h1-28,39H,(H,44,49)(H,45,48)(H,46,47)/b38-27-. The highest BCUT2D eigenvalue weighted by molar-refractivity contribution is 8.00. The first kappa shape index (κ1) is 34.4. The summed E-state index contributed by atoms with van der Waals surface area (Å²) >= 11 is 1.31. The van der Waals surface area contributed by atoms with Crippen molar-refractivity contribution in [1.82, 2.24) is 5.32 Å². The number of amides is 3. The van der Waals surface area contributed by atoms with Crippen LogP contribution in [0.2, 0.25) is 0 Å². The van der Waals surface area contributed by atoms with Gasteiger partial charge in [0.15, 0.2) is 0 Å². The van der Waals surface area contributed by atoms with Gasteiger partial charge in [0, 0.05) is 27.4 Å². The molecule has 9 heteroatoms. The Bertz CT molecular complexity index is 2140. The molecule has 1 atom stereocenters. The third kappa shape index (κ3) is 9.59. The zero-order valence-electron chi connectivity index (χ0n) is 27.2. The van der Waals surface area contributed by atoms with Crippen LogP contribution in [-0.4, -0.2) is 17.7 Å². The first-order valence-corrected chi connectivity index (χ1v) is 16.9. The second kappa shape index (κ2) is 16.8. The lowest BCUT2D eigenvalue weighted by Crippen LogP contribution is -2.30. The quantitative estimate of drug-likeness (QED) is 0.0877. The van der Waals surface area contributed by atoms with Gasteiger partial charge in [-0.2, -0.15) is 0 Å². The molecule has 0 fully saturated rings. The van der Waals surface area contributed by atoms with E-state index in [-0.39, 0.29) is 17.2 Å². The summed E-state index contributed by atoms with van der Waals surface area (Å²) in [6, 6.07) is 47.4. The van der Waals surface area contributed by atoms with Gasteiger partial charge in [-0.15, -0.1) is 11.8 Å². The normalized spacial score (nSPS) is 11.6. The molecule has 0 bridgehead atoms. The van der Waals surface area contributed by atoms with Gasteiger partial charge in [0.05, 0.1) is 0 Å². The summed E-state index contributed by atoms with van der Waals surface area (Å²) in [5.41, 5.74) is 2.14. The number of benzene rings is 6. The van der Waals surface area contributed by atoms with Crippen molar-refractivity contribution in [3.05, 3.63) is 192 Å². The van der Waals surface area contributed by atoms with Crippen LogP contribution in [0.4, 0.5) is 15.8 Å². The summed E-state index contributed by atoms with van der Waals surface area (Å²) in [5.74, 6) is -0.608. The van der Waals surface area contributed by atoms with Crippen LogP contribution in [0.5, 0.6) is 11.5 Å². The van der Waals surface area contributed by atoms with Crippen molar-refractivity contribution in [2.45, 2.75) is 10.1 Å². The first-order valence-electron chi connectivity index (χ1n) is 16.0. The molecule has 51 heavy (non-hydrogen) atoms. The van der Waals surface area contributed by atoms with Gasteiger partial charge in [0.25, 0.3) is 11.8 Å². The Labute approximate surface area is 299 Å². The second-order valence-electron chi connectivity index (χ2n) is 11.2. The maximum Gasteiger partial charge on any atom is 0.272 e. The van der Waals surface area contributed by atoms with E-state index in [2.05, 4.69) is 16.0 Å². The molecular weight excluding hydrogens is 662 g/mol. The van der Waals surface area contributed by atoms with Crippen LogP contribution in [0.15, 0.2) is 174 Å². The SMILES string of the molecule is O=C(Nc1cccc(SC(C(=O)Nc2ccc(Oc3ccccc3)cc2)c2ccccc2)c1)/C(=C/c1ccccc1F)NC(=O)c1ccccc1. The maximum absolute atomic E-state index is 14.6. The van der Waals surface area contributed by atoms with E-state index in [1.165, 1.54) is 30.0 Å². The number of ether oxygens (including phenoxy) is 1. The predicted octanol–water partition coefficient (Wildman–Crippen LogP) is 9.50. The Morgan fingerprint density at radius 2 is 1.25 bits per heavy atom. The molecule has 0 spiro atoms. The number of carbonyl (C=O) groups is 3. The molecule has 0 aliphatic heterocycles. The highest BCUT2D eigenvalue weighted by Gasteiger charge is 2.23. The first-order chi connectivity index (χ1) is 24.9.